The normalized spacial score (nSPS) is 12.4. The van der Waals surface area contributed by atoms with E-state index in [-0.39, 0.29) is 10.6 Å². The zero-order valence-electron chi connectivity index (χ0n) is 7.74. The first-order valence-corrected chi connectivity index (χ1v) is 7.08. The Hall–Kier alpha value is -1.12. The number of para-hydroxylation sites is 1. The summed E-state index contributed by atoms with van der Waals surface area (Å²) in [4.78, 5) is -0.223. The average molecular weight is 251 g/mol. The van der Waals surface area contributed by atoms with Crippen LogP contribution in [0.15, 0.2) is 29.2 Å². The van der Waals surface area contributed by atoms with Crippen LogP contribution in [0.3, 0.4) is 0 Å². The van der Waals surface area contributed by atoms with E-state index < -0.39 is 20.1 Å². The lowest BCUT2D eigenvalue weighted by molar-refractivity contribution is 0.480. The maximum Gasteiger partial charge on any atom is 0.380 e. The highest BCUT2D eigenvalue weighted by atomic mass is 32.2. The summed E-state index contributed by atoms with van der Waals surface area (Å²) in [6.07, 6.45) is 0.943. The molecule has 0 saturated carbocycles. The monoisotopic (exact) mass is 251 g/mol. The molecular formula is C7H9NO5S2. The van der Waals surface area contributed by atoms with Gasteiger partial charge in [0.1, 0.15) is 4.90 Å². The fourth-order valence-electron chi connectivity index (χ4n) is 0.950. The Bertz CT molecular complexity index is 561. The Labute approximate surface area is 87.8 Å². The number of benzene rings is 1. The van der Waals surface area contributed by atoms with Crippen molar-refractivity contribution < 1.29 is 21.0 Å². The molecule has 0 amide bonds. The van der Waals surface area contributed by atoms with Gasteiger partial charge in [-0.25, -0.2) is 8.42 Å². The van der Waals surface area contributed by atoms with Gasteiger partial charge in [-0.15, -0.1) is 0 Å². The second-order valence-electron chi connectivity index (χ2n) is 2.80. The van der Waals surface area contributed by atoms with Crippen LogP contribution in [0.2, 0.25) is 0 Å². The predicted molar refractivity (Wildman–Crippen MR) is 53.3 cm³/mol. The molecule has 1 aromatic carbocycles. The van der Waals surface area contributed by atoms with Gasteiger partial charge < -0.3 is 4.18 Å². The molecule has 0 radical (unpaired) electrons. The molecule has 15 heavy (non-hydrogen) atoms. The highest BCUT2D eigenvalue weighted by molar-refractivity contribution is 7.91. The summed E-state index contributed by atoms with van der Waals surface area (Å²) in [5.41, 5.74) is 0. The lowest BCUT2D eigenvalue weighted by Gasteiger charge is -2.06. The van der Waals surface area contributed by atoms with Crippen LogP contribution in [0.4, 0.5) is 0 Å². The van der Waals surface area contributed by atoms with Crippen LogP contribution in [0.1, 0.15) is 0 Å². The highest BCUT2D eigenvalue weighted by Crippen LogP contribution is 2.23. The first-order chi connectivity index (χ1) is 6.70. The van der Waals surface area contributed by atoms with E-state index in [4.69, 9.17) is 0 Å². The third-order valence-corrected chi connectivity index (χ3v) is 3.00. The molecule has 0 spiro atoms. The first-order valence-electron chi connectivity index (χ1n) is 3.71. The maximum absolute atomic E-state index is 11.2. The van der Waals surface area contributed by atoms with Gasteiger partial charge >= 0.3 is 10.3 Å². The number of hydrogen-bond acceptors (Lipinski definition) is 5. The highest BCUT2D eigenvalue weighted by Gasteiger charge is 2.16. The minimum Gasteiger partial charge on any atom is -0.370 e. The van der Waals surface area contributed by atoms with Gasteiger partial charge in [0.2, 0.25) is 0 Å². The molecule has 0 saturated heterocycles. The zero-order valence-corrected chi connectivity index (χ0v) is 9.38. The zero-order chi connectivity index (χ0) is 11.7. The molecule has 0 fully saturated rings. The van der Waals surface area contributed by atoms with Gasteiger partial charge in [0.15, 0.2) is 15.6 Å². The molecule has 0 heterocycles. The molecule has 0 aromatic heterocycles. The number of sulfone groups is 1. The average Bonchev–Trinajstić information content (AvgIpc) is 1.99. The minimum atomic E-state index is -4.22. The van der Waals surface area contributed by atoms with Crippen molar-refractivity contribution in [3.63, 3.8) is 0 Å². The topological polar surface area (TPSA) is 104 Å². The van der Waals surface area contributed by atoms with E-state index >= 15 is 0 Å². The number of hydrogen-bond donors (Lipinski definition) is 1. The van der Waals surface area contributed by atoms with Crippen molar-refractivity contribution >= 4 is 20.1 Å². The second-order valence-corrected chi connectivity index (χ2v) is 5.93. The third-order valence-electron chi connectivity index (χ3n) is 1.45. The molecule has 8 heteroatoms. The number of rotatable bonds is 3. The molecule has 1 rings (SSSR count). The summed E-state index contributed by atoms with van der Waals surface area (Å²) in [5, 5.41) is 4.63. The predicted octanol–water partition coefficient (Wildman–Crippen LogP) is -0.328. The van der Waals surface area contributed by atoms with E-state index in [2.05, 4.69) is 9.32 Å². The molecule has 2 N–H and O–H groups in total. The van der Waals surface area contributed by atoms with Gasteiger partial charge in [0.05, 0.1) is 0 Å². The van der Waals surface area contributed by atoms with E-state index in [9.17, 15) is 16.8 Å². The van der Waals surface area contributed by atoms with Crippen LogP contribution < -0.4 is 9.32 Å². The van der Waals surface area contributed by atoms with Gasteiger partial charge in [0, 0.05) is 6.26 Å². The van der Waals surface area contributed by atoms with Crippen LogP contribution in [0.5, 0.6) is 5.75 Å². The molecule has 1 aromatic rings. The lowest BCUT2D eigenvalue weighted by Crippen LogP contribution is -2.20. The summed E-state index contributed by atoms with van der Waals surface area (Å²) < 4.78 is 48.1. The van der Waals surface area contributed by atoms with Gasteiger partial charge in [-0.1, -0.05) is 12.1 Å². The van der Waals surface area contributed by atoms with Crippen LogP contribution in [0.25, 0.3) is 0 Å². The number of nitrogens with two attached hydrogens (primary N) is 1. The summed E-state index contributed by atoms with van der Waals surface area (Å²) in [5.74, 6) is -0.303. The first kappa shape index (κ1) is 12.0. The van der Waals surface area contributed by atoms with Crippen molar-refractivity contribution in [1.82, 2.24) is 0 Å². The Kier molecular flexibility index (Phi) is 3.03. The largest absolute Gasteiger partial charge is 0.380 e. The molecule has 0 aliphatic heterocycles. The smallest absolute Gasteiger partial charge is 0.370 e. The molecule has 0 atom stereocenters. The van der Waals surface area contributed by atoms with E-state index in [1.165, 1.54) is 24.3 Å². The molecular weight excluding hydrogens is 242 g/mol. The summed E-state index contributed by atoms with van der Waals surface area (Å²) in [6, 6.07) is 5.33. The minimum absolute atomic E-state index is 0.223. The van der Waals surface area contributed by atoms with Crippen molar-refractivity contribution in [1.29, 1.82) is 0 Å². The van der Waals surface area contributed by atoms with E-state index in [1.54, 1.807) is 0 Å². The van der Waals surface area contributed by atoms with E-state index in [0.717, 1.165) is 6.26 Å². The standard InChI is InChI=1S/C7H9NO5S2/c1-14(9,10)7-5-3-2-4-6(7)13-15(8,11)12/h2-5H,1H3,(H2,8,11,12). The molecule has 6 nitrogen and oxygen atoms in total. The van der Waals surface area contributed by atoms with Crippen molar-refractivity contribution in [3.05, 3.63) is 24.3 Å². The summed E-state index contributed by atoms with van der Waals surface area (Å²) >= 11 is 0. The fourth-order valence-corrected chi connectivity index (χ4v) is 2.20. The molecule has 0 aliphatic rings. The Morgan fingerprint density at radius 3 is 2.13 bits per heavy atom. The third kappa shape index (κ3) is 3.50. The van der Waals surface area contributed by atoms with Gasteiger partial charge in [-0.05, 0) is 12.1 Å². The maximum atomic E-state index is 11.2. The molecule has 0 bridgehead atoms. The van der Waals surface area contributed by atoms with Crippen molar-refractivity contribution in [2.24, 2.45) is 5.14 Å². The summed E-state index contributed by atoms with van der Waals surface area (Å²) in [6.45, 7) is 0. The quantitative estimate of drug-likeness (QED) is 0.792. The molecule has 0 unspecified atom stereocenters. The van der Waals surface area contributed by atoms with Crippen molar-refractivity contribution in [2.75, 3.05) is 6.26 Å². The Morgan fingerprint density at radius 1 is 1.13 bits per heavy atom. The van der Waals surface area contributed by atoms with Crippen LogP contribution in [0, 0.1) is 0 Å². The van der Waals surface area contributed by atoms with Crippen molar-refractivity contribution in [2.45, 2.75) is 4.90 Å². The second kappa shape index (κ2) is 3.80. The SMILES string of the molecule is CS(=O)(=O)c1ccccc1OS(N)(=O)=O. The lowest BCUT2D eigenvalue weighted by atomic mass is 10.3. The van der Waals surface area contributed by atoms with Crippen LogP contribution in [-0.2, 0) is 20.1 Å². The van der Waals surface area contributed by atoms with Crippen molar-refractivity contribution in [3.8, 4) is 5.75 Å². The van der Waals surface area contributed by atoms with Crippen LogP contribution >= 0.6 is 0 Å². The van der Waals surface area contributed by atoms with E-state index in [0.29, 0.717) is 0 Å². The van der Waals surface area contributed by atoms with Gasteiger partial charge in [-0.3, -0.25) is 0 Å². The molecule has 84 valence electrons. The fraction of sp³-hybridized carbons (Fsp3) is 0.143. The summed E-state index contributed by atoms with van der Waals surface area (Å²) in [7, 11) is -7.78. The molecule has 0 aliphatic carbocycles. The Balaban J connectivity index is 3.32. The van der Waals surface area contributed by atoms with Crippen LogP contribution in [-0.4, -0.2) is 23.1 Å². The van der Waals surface area contributed by atoms with Gasteiger partial charge in [-0.2, -0.15) is 13.6 Å². The Morgan fingerprint density at radius 2 is 1.67 bits per heavy atom. The van der Waals surface area contributed by atoms with Gasteiger partial charge in [0.25, 0.3) is 0 Å². The van der Waals surface area contributed by atoms with E-state index in [1.807, 2.05) is 0 Å².